The highest BCUT2D eigenvalue weighted by Crippen LogP contribution is 2.36. The average Bonchev–Trinajstić information content (AvgIpc) is 2.04. The van der Waals surface area contributed by atoms with Crippen molar-refractivity contribution in [2.75, 3.05) is 13.1 Å². The van der Waals surface area contributed by atoms with E-state index in [0.29, 0.717) is 0 Å². The van der Waals surface area contributed by atoms with Crippen molar-refractivity contribution >= 4 is 12.8 Å². The van der Waals surface area contributed by atoms with E-state index < -0.39 is 0 Å². The number of nitrogens with zero attached hydrogens (tertiary/aromatic N) is 1. The molecule has 1 nitrogen and oxygen atoms in total. The average molecular weight is 171 g/mol. The van der Waals surface area contributed by atoms with Crippen LogP contribution in [0.2, 0.25) is 0 Å². The molecule has 2 heteroatoms. The van der Waals surface area contributed by atoms with Crippen LogP contribution in [0.15, 0.2) is 0 Å². The molecule has 1 aliphatic carbocycles. The van der Waals surface area contributed by atoms with Crippen molar-refractivity contribution in [3.05, 3.63) is 0 Å². The maximum Gasteiger partial charge on any atom is 0.0118 e. The number of thiol groups is 1. The van der Waals surface area contributed by atoms with E-state index in [1.54, 1.807) is 0 Å². The summed E-state index contributed by atoms with van der Waals surface area (Å²) in [5.74, 6) is 2.03. The number of hydrogen-bond acceptors (Lipinski definition) is 2. The van der Waals surface area contributed by atoms with E-state index in [1.807, 2.05) is 0 Å². The molecule has 2 aliphatic rings. The van der Waals surface area contributed by atoms with E-state index in [0.717, 1.165) is 11.8 Å². The Balaban J connectivity index is 1.93. The fourth-order valence-electron chi connectivity index (χ4n) is 2.58. The van der Waals surface area contributed by atoms with Crippen molar-refractivity contribution in [1.82, 2.24) is 4.31 Å². The van der Waals surface area contributed by atoms with Gasteiger partial charge < -0.3 is 0 Å². The normalized spacial score (nSPS) is 40.1. The third kappa shape index (κ3) is 1.73. The first-order valence-corrected chi connectivity index (χ1v) is 5.20. The lowest BCUT2D eigenvalue weighted by molar-refractivity contribution is 0.144. The molecule has 0 bridgehead atoms. The molecule has 1 saturated heterocycles. The maximum absolute atomic E-state index is 4.41. The molecule has 1 heterocycles. The molecule has 0 aromatic heterocycles. The molecular weight excluding hydrogens is 154 g/mol. The van der Waals surface area contributed by atoms with Crippen molar-refractivity contribution in [3.63, 3.8) is 0 Å². The summed E-state index contributed by atoms with van der Waals surface area (Å²) in [6, 6.07) is 0. The van der Waals surface area contributed by atoms with E-state index in [2.05, 4.69) is 17.1 Å². The van der Waals surface area contributed by atoms with Gasteiger partial charge in [0.1, 0.15) is 0 Å². The lowest BCUT2D eigenvalue weighted by Crippen LogP contribution is -2.36. The van der Waals surface area contributed by atoms with Gasteiger partial charge in [0, 0.05) is 13.1 Å². The van der Waals surface area contributed by atoms with Gasteiger partial charge >= 0.3 is 0 Å². The Labute approximate surface area is 74.7 Å². The molecule has 1 aliphatic heterocycles. The van der Waals surface area contributed by atoms with Gasteiger partial charge in [-0.1, -0.05) is 32.1 Å². The summed E-state index contributed by atoms with van der Waals surface area (Å²) >= 11 is 4.41. The number of rotatable bonds is 0. The van der Waals surface area contributed by atoms with Crippen molar-refractivity contribution in [3.8, 4) is 0 Å². The van der Waals surface area contributed by atoms with Gasteiger partial charge in [-0.05, 0) is 24.7 Å². The predicted octanol–water partition coefficient (Wildman–Crippen LogP) is 2.34. The minimum Gasteiger partial charge on any atom is -0.253 e. The molecule has 0 amide bonds. The third-order valence-electron chi connectivity index (χ3n) is 3.27. The van der Waals surface area contributed by atoms with Crippen LogP contribution < -0.4 is 0 Å². The monoisotopic (exact) mass is 171 g/mol. The Hall–Kier alpha value is 0.310. The SMILES string of the molecule is SN1CCC2CCCCC2C1. The number of fused-ring (bicyclic) bond motifs is 1. The Morgan fingerprint density at radius 2 is 1.73 bits per heavy atom. The second kappa shape index (κ2) is 3.36. The fourth-order valence-corrected chi connectivity index (χ4v) is 2.91. The summed E-state index contributed by atoms with van der Waals surface area (Å²) in [5.41, 5.74) is 0. The lowest BCUT2D eigenvalue weighted by Gasteiger charge is -2.39. The number of hydrogen-bond donors (Lipinski definition) is 1. The summed E-state index contributed by atoms with van der Waals surface area (Å²) in [4.78, 5) is 0. The Morgan fingerprint density at radius 1 is 1.00 bits per heavy atom. The van der Waals surface area contributed by atoms with Gasteiger partial charge in [-0.25, -0.2) is 0 Å². The molecule has 2 rings (SSSR count). The van der Waals surface area contributed by atoms with Crippen molar-refractivity contribution in [1.29, 1.82) is 0 Å². The molecule has 1 saturated carbocycles. The van der Waals surface area contributed by atoms with E-state index in [4.69, 9.17) is 0 Å². The first kappa shape index (κ1) is 7.93. The predicted molar refractivity (Wildman–Crippen MR) is 50.6 cm³/mol. The Morgan fingerprint density at radius 3 is 2.55 bits per heavy atom. The summed E-state index contributed by atoms with van der Waals surface area (Å²) in [6.07, 6.45) is 7.29. The molecule has 0 aromatic rings. The molecule has 0 N–H and O–H groups in total. The summed E-state index contributed by atoms with van der Waals surface area (Å²) in [5, 5.41) is 0. The maximum atomic E-state index is 4.41. The minimum absolute atomic E-state index is 0.981. The van der Waals surface area contributed by atoms with Crippen LogP contribution in [0.1, 0.15) is 32.1 Å². The standard InChI is InChI=1S/C9H17NS/c11-10-6-5-8-3-1-2-4-9(8)7-10/h8-9,11H,1-7H2. The molecule has 64 valence electrons. The Bertz CT molecular complexity index is 138. The van der Waals surface area contributed by atoms with E-state index in [9.17, 15) is 0 Å². The molecule has 2 fully saturated rings. The van der Waals surface area contributed by atoms with Crippen LogP contribution in [0.5, 0.6) is 0 Å². The smallest absolute Gasteiger partial charge is 0.0118 e. The number of piperidine rings is 1. The molecule has 11 heavy (non-hydrogen) atoms. The van der Waals surface area contributed by atoms with Crippen LogP contribution in [-0.4, -0.2) is 17.4 Å². The zero-order chi connectivity index (χ0) is 7.68. The highest BCUT2D eigenvalue weighted by atomic mass is 32.1. The van der Waals surface area contributed by atoms with Gasteiger partial charge in [-0.15, -0.1) is 0 Å². The second-order valence-electron chi connectivity index (χ2n) is 4.01. The zero-order valence-corrected chi connectivity index (χ0v) is 7.89. The Kier molecular flexibility index (Phi) is 2.42. The molecule has 0 radical (unpaired) electrons. The quantitative estimate of drug-likeness (QED) is 0.548. The van der Waals surface area contributed by atoms with Crippen LogP contribution in [-0.2, 0) is 0 Å². The highest BCUT2D eigenvalue weighted by Gasteiger charge is 2.29. The van der Waals surface area contributed by atoms with Crippen molar-refractivity contribution < 1.29 is 0 Å². The van der Waals surface area contributed by atoms with Gasteiger partial charge in [0.05, 0.1) is 0 Å². The topological polar surface area (TPSA) is 3.24 Å². The fraction of sp³-hybridized carbons (Fsp3) is 1.00. The third-order valence-corrected chi connectivity index (χ3v) is 3.63. The largest absolute Gasteiger partial charge is 0.253 e. The summed E-state index contributed by atoms with van der Waals surface area (Å²) in [6.45, 7) is 2.46. The molecule has 0 aromatic carbocycles. The highest BCUT2D eigenvalue weighted by molar-refractivity contribution is 7.77. The van der Waals surface area contributed by atoms with E-state index in [1.165, 1.54) is 45.2 Å². The van der Waals surface area contributed by atoms with E-state index >= 15 is 0 Å². The van der Waals surface area contributed by atoms with Gasteiger partial charge in [-0.3, -0.25) is 4.31 Å². The van der Waals surface area contributed by atoms with Crippen LogP contribution in [0.3, 0.4) is 0 Å². The molecular formula is C9H17NS. The van der Waals surface area contributed by atoms with Gasteiger partial charge in [-0.2, -0.15) is 0 Å². The van der Waals surface area contributed by atoms with Crippen LogP contribution >= 0.6 is 12.8 Å². The van der Waals surface area contributed by atoms with Crippen LogP contribution in [0.25, 0.3) is 0 Å². The van der Waals surface area contributed by atoms with E-state index in [-0.39, 0.29) is 0 Å². The van der Waals surface area contributed by atoms with Gasteiger partial charge in [0.2, 0.25) is 0 Å². The lowest BCUT2D eigenvalue weighted by atomic mass is 9.76. The van der Waals surface area contributed by atoms with Crippen molar-refractivity contribution in [2.45, 2.75) is 32.1 Å². The molecule has 2 atom stereocenters. The minimum atomic E-state index is 0.981. The van der Waals surface area contributed by atoms with Gasteiger partial charge in [0.25, 0.3) is 0 Å². The summed E-state index contributed by atoms with van der Waals surface area (Å²) < 4.78 is 2.20. The van der Waals surface area contributed by atoms with Crippen LogP contribution in [0, 0.1) is 11.8 Å². The van der Waals surface area contributed by atoms with Crippen molar-refractivity contribution in [2.24, 2.45) is 11.8 Å². The van der Waals surface area contributed by atoms with Gasteiger partial charge in [0.15, 0.2) is 0 Å². The first-order chi connectivity index (χ1) is 5.36. The molecule has 0 spiro atoms. The van der Waals surface area contributed by atoms with Crippen LogP contribution in [0.4, 0.5) is 0 Å². The first-order valence-electron chi connectivity index (χ1n) is 4.80. The molecule has 2 unspecified atom stereocenters. The zero-order valence-electron chi connectivity index (χ0n) is 7.00. The second-order valence-corrected chi connectivity index (χ2v) is 4.57. The summed E-state index contributed by atoms with van der Waals surface area (Å²) in [7, 11) is 0.